The molecule has 2 atom stereocenters. The number of hydrazine groups is 1. The van der Waals surface area contributed by atoms with Gasteiger partial charge in [-0.25, -0.2) is 13.4 Å². The number of halogens is 1. The molecule has 3 heterocycles. The molecular formula is C49H65ClN8O7S. The minimum atomic E-state index is -3.55. The number of unbranched alkanes of at least 4 members (excludes halogenated alkanes) is 4. The van der Waals surface area contributed by atoms with Crippen LogP contribution in [0.15, 0.2) is 88.0 Å². The zero-order valence-corrected chi connectivity index (χ0v) is 40.3. The van der Waals surface area contributed by atoms with Crippen LogP contribution in [0.25, 0.3) is 0 Å². The maximum Gasteiger partial charge on any atom is 0.249 e. The number of nitrogens with one attached hydrogen (secondary N) is 5. The standard InChI is InChI=1S/C49H65ClN8O7S/c1-32(2)65-41-29-37(34(5)28-40(41)52-44-31-58(43(50)30-51-44)56-38-18-13-14-19-42(38)66(63,64)33(3)4)35-23-26-57(27-24-35)25-15-8-6-7-12-20-45(59)54-47(36-16-10-9-11-17-36)49(62)53-39-21-22-46(60)55-48(39)61/h9-11,13-14,16-19,28-30,32-33,35,39,47,56H,6-8,12,15,20-27,31H2,1-5H3,(H,51,52)(H,53,62)(H,54,59)(H,55,60,61)/t39?,47-/m0/s1. The number of nitrogens with zero attached hydrogens (tertiary/aromatic N) is 3. The van der Waals surface area contributed by atoms with E-state index in [-0.39, 0.29) is 42.2 Å². The second-order valence-corrected chi connectivity index (χ2v) is 20.7. The minimum absolute atomic E-state index is 0.0564. The average Bonchev–Trinajstić information content (AvgIpc) is 3.28. The highest BCUT2D eigenvalue weighted by Crippen LogP contribution is 2.38. The lowest BCUT2D eigenvalue weighted by Gasteiger charge is -2.33. The van der Waals surface area contributed by atoms with Crippen LogP contribution in [0.1, 0.15) is 121 Å². The number of amides is 4. The Labute approximate surface area is 394 Å². The van der Waals surface area contributed by atoms with E-state index in [0.29, 0.717) is 41.0 Å². The third kappa shape index (κ3) is 13.6. The van der Waals surface area contributed by atoms with Crippen LogP contribution in [0.3, 0.4) is 0 Å². The highest BCUT2D eigenvalue weighted by molar-refractivity contribution is 7.92. The van der Waals surface area contributed by atoms with Gasteiger partial charge in [-0.1, -0.05) is 73.3 Å². The Hall–Kier alpha value is -5.45. The Morgan fingerprint density at radius 3 is 2.32 bits per heavy atom. The molecule has 3 aromatic rings. The molecule has 4 amide bonds. The van der Waals surface area contributed by atoms with E-state index in [4.69, 9.17) is 16.3 Å². The first-order valence-corrected chi connectivity index (χ1v) is 25.1. The van der Waals surface area contributed by atoms with Gasteiger partial charge in [0.15, 0.2) is 9.84 Å². The number of aryl methyl sites for hydroxylation is 1. The monoisotopic (exact) mass is 944 g/mol. The van der Waals surface area contributed by atoms with Crippen molar-refractivity contribution in [3.05, 3.63) is 94.8 Å². The topological polar surface area (TPSA) is 191 Å². The predicted octanol–water partition coefficient (Wildman–Crippen LogP) is 7.45. The van der Waals surface area contributed by atoms with Crippen LogP contribution < -0.4 is 31.4 Å². The van der Waals surface area contributed by atoms with Crippen molar-refractivity contribution >= 4 is 62.3 Å². The van der Waals surface area contributed by atoms with Crippen LogP contribution in [0.2, 0.25) is 0 Å². The lowest BCUT2D eigenvalue weighted by atomic mass is 9.86. The number of anilines is 2. The molecule has 3 aliphatic rings. The van der Waals surface area contributed by atoms with Gasteiger partial charge in [0.1, 0.15) is 28.8 Å². The summed E-state index contributed by atoms with van der Waals surface area (Å²) in [6.07, 6.45) is 9.01. The third-order valence-electron chi connectivity index (χ3n) is 12.1. The summed E-state index contributed by atoms with van der Waals surface area (Å²) >= 11 is 6.57. The van der Waals surface area contributed by atoms with Crippen molar-refractivity contribution in [1.29, 1.82) is 0 Å². The molecule has 2 fully saturated rings. The Morgan fingerprint density at radius 2 is 1.61 bits per heavy atom. The van der Waals surface area contributed by atoms with E-state index in [9.17, 15) is 27.6 Å². The fourth-order valence-corrected chi connectivity index (χ4v) is 9.82. The fraction of sp³-hybridized carbons (Fsp3) is 0.490. The van der Waals surface area contributed by atoms with E-state index in [2.05, 4.69) is 55.6 Å². The molecule has 6 rings (SSSR count). The number of likely N-dealkylation sites (tertiary alicyclic amines) is 1. The molecule has 356 valence electrons. The van der Waals surface area contributed by atoms with Crippen LogP contribution >= 0.6 is 11.6 Å². The number of hydrogen-bond acceptors (Lipinski definition) is 12. The first-order chi connectivity index (χ1) is 31.6. The number of benzene rings is 3. The highest BCUT2D eigenvalue weighted by Gasteiger charge is 2.32. The summed E-state index contributed by atoms with van der Waals surface area (Å²) < 4.78 is 32.6. The van der Waals surface area contributed by atoms with Gasteiger partial charge in [-0.2, -0.15) is 0 Å². The molecule has 15 nitrogen and oxygen atoms in total. The van der Waals surface area contributed by atoms with E-state index in [1.165, 1.54) is 17.3 Å². The van der Waals surface area contributed by atoms with Crippen molar-refractivity contribution in [3.63, 3.8) is 0 Å². The Kier molecular flexibility index (Phi) is 17.7. The first kappa shape index (κ1) is 50.0. The lowest BCUT2D eigenvalue weighted by molar-refractivity contribution is -0.138. The molecule has 0 spiro atoms. The van der Waals surface area contributed by atoms with Crippen LogP contribution in [0.5, 0.6) is 5.75 Å². The maximum atomic E-state index is 13.3. The van der Waals surface area contributed by atoms with Gasteiger partial charge in [0.2, 0.25) is 23.6 Å². The smallest absolute Gasteiger partial charge is 0.249 e. The normalized spacial score (nSPS) is 17.8. The SMILES string of the molecule is Cc1cc(NC2=NC=C(Cl)N(Nc3ccccc3S(=O)(=O)C(C)C)C2)c(OC(C)C)cc1C1CCN(CCCCCCCC(=O)N[C@H](C(=O)NC2CCC(=O)NC2=O)c2ccccc2)CC1. The van der Waals surface area contributed by atoms with Gasteiger partial charge in [-0.05, 0) is 133 Å². The van der Waals surface area contributed by atoms with Crippen LogP contribution in [-0.2, 0) is 29.0 Å². The summed E-state index contributed by atoms with van der Waals surface area (Å²) in [6.45, 7) is 12.8. The van der Waals surface area contributed by atoms with Gasteiger partial charge >= 0.3 is 0 Å². The van der Waals surface area contributed by atoms with Gasteiger partial charge in [-0.15, -0.1) is 0 Å². The molecule has 0 aromatic heterocycles. The molecule has 3 aromatic carbocycles. The largest absolute Gasteiger partial charge is 0.489 e. The van der Waals surface area contributed by atoms with Crippen LogP contribution in [0, 0.1) is 6.92 Å². The lowest BCUT2D eigenvalue weighted by Crippen LogP contribution is -2.54. The molecule has 1 unspecified atom stereocenters. The van der Waals surface area contributed by atoms with Gasteiger partial charge in [0.05, 0.1) is 40.4 Å². The van der Waals surface area contributed by atoms with Crippen molar-refractivity contribution in [3.8, 4) is 5.75 Å². The van der Waals surface area contributed by atoms with Crippen molar-refractivity contribution in [2.45, 2.75) is 133 Å². The number of carbonyl (C=O) groups excluding carboxylic acids is 4. The number of amidine groups is 1. The van der Waals surface area contributed by atoms with Gasteiger partial charge in [-0.3, -0.25) is 34.9 Å². The van der Waals surface area contributed by atoms with Gasteiger partial charge < -0.3 is 25.6 Å². The van der Waals surface area contributed by atoms with Crippen molar-refractivity contribution in [2.75, 3.05) is 36.9 Å². The van der Waals surface area contributed by atoms with Crippen molar-refractivity contribution in [1.82, 2.24) is 25.9 Å². The number of ether oxygens (including phenoxy) is 1. The third-order valence-corrected chi connectivity index (χ3v) is 14.6. The molecule has 0 saturated carbocycles. The predicted molar refractivity (Wildman–Crippen MR) is 259 cm³/mol. The maximum absolute atomic E-state index is 13.3. The molecule has 0 radical (unpaired) electrons. The van der Waals surface area contributed by atoms with E-state index in [0.717, 1.165) is 69.6 Å². The zero-order valence-electron chi connectivity index (χ0n) is 38.7. The fourth-order valence-electron chi connectivity index (χ4n) is 8.47. The van der Waals surface area contributed by atoms with Crippen molar-refractivity contribution < 1.29 is 32.3 Å². The number of carbonyl (C=O) groups is 4. The molecule has 0 aliphatic carbocycles. The number of piperidine rings is 2. The van der Waals surface area contributed by atoms with E-state index >= 15 is 0 Å². The number of para-hydroxylation sites is 1. The summed E-state index contributed by atoms with van der Waals surface area (Å²) in [7, 11) is -3.55. The molecule has 5 N–H and O–H groups in total. The zero-order chi connectivity index (χ0) is 47.4. The number of imide groups is 1. The summed E-state index contributed by atoms with van der Waals surface area (Å²) in [5, 5.41) is 12.7. The summed E-state index contributed by atoms with van der Waals surface area (Å²) in [6, 6.07) is 18.3. The quantitative estimate of drug-likeness (QED) is 0.0430. The van der Waals surface area contributed by atoms with E-state index in [1.807, 2.05) is 19.9 Å². The van der Waals surface area contributed by atoms with E-state index < -0.39 is 39.0 Å². The van der Waals surface area contributed by atoms with Gasteiger partial charge in [0, 0.05) is 12.8 Å². The highest BCUT2D eigenvalue weighted by atomic mass is 35.5. The summed E-state index contributed by atoms with van der Waals surface area (Å²) in [5.41, 5.74) is 7.49. The molecule has 17 heteroatoms. The summed E-state index contributed by atoms with van der Waals surface area (Å²) in [4.78, 5) is 57.4. The Morgan fingerprint density at radius 1 is 0.909 bits per heavy atom. The van der Waals surface area contributed by atoms with Gasteiger partial charge in [0.25, 0.3) is 0 Å². The summed E-state index contributed by atoms with van der Waals surface area (Å²) in [5.74, 6) is 0.143. The molecule has 2 saturated heterocycles. The Balaban J connectivity index is 0.940. The van der Waals surface area contributed by atoms with E-state index in [1.54, 1.807) is 67.4 Å². The Bertz CT molecular complexity index is 2370. The number of aliphatic imine (C=N–C) groups is 1. The number of rotatable bonds is 20. The molecule has 0 bridgehead atoms. The van der Waals surface area contributed by atoms with Crippen LogP contribution in [-0.4, -0.2) is 91.4 Å². The molecular weight excluding hydrogens is 880 g/mol. The second kappa shape index (κ2) is 23.3. The first-order valence-electron chi connectivity index (χ1n) is 23.2. The molecule has 66 heavy (non-hydrogen) atoms. The minimum Gasteiger partial charge on any atom is -0.489 e. The number of sulfone groups is 1. The van der Waals surface area contributed by atoms with Crippen molar-refractivity contribution in [2.24, 2.45) is 4.99 Å². The van der Waals surface area contributed by atoms with Crippen LogP contribution in [0.4, 0.5) is 11.4 Å². The average molecular weight is 946 g/mol. The molecule has 3 aliphatic heterocycles. The second-order valence-electron chi connectivity index (χ2n) is 17.9. The number of hydrogen-bond donors (Lipinski definition) is 5.